The summed E-state index contributed by atoms with van der Waals surface area (Å²) in [6, 6.07) is 0. The lowest BCUT2D eigenvalue weighted by atomic mass is 9.92. The second-order valence-electron chi connectivity index (χ2n) is 5.73. The monoisotopic (exact) mass is 265 g/mol. The first-order chi connectivity index (χ1) is 9.08. The number of rotatable bonds is 4. The fraction of sp³-hybridized carbons (Fsp3) is 0.800. The van der Waals surface area contributed by atoms with E-state index >= 15 is 0 Å². The molecule has 1 aliphatic heterocycles. The van der Waals surface area contributed by atoms with Crippen LogP contribution in [0.4, 0.5) is 0 Å². The Balaban J connectivity index is 2.06. The molecule has 1 saturated heterocycles. The number of hydrogen-bond acceptors (Lipinski definition) is 4. The number of hydrogen-bond donors (Lipinski definition) is 1. The average Bonchev–Trinajstić information content (AvgIpc) is 2.62. The Bertz CT molecular complexity index is 390. The van der Waals surface area contributed by atoms with Gasteiger partial charge in [0.2, 0.25) is 5.89 Å². The lowest BCUT2D eigenvalue weighted by molar-refractivity contribution is 0.177. The van der Waals surface area contributed by atoms with Gasteiger partial charge in [-0.3, -0.25) is 4.90 Å². The van der Waals surface area contributed by atoms with Crippen molar-refractivity contribution >= 4 is 0 Å². The van der Waals surface area contributed by atoms with E-state index < -0.39 is 0 Å². The molecular weight excluding hydrogens is 238 g/mol. The van der Waals surface area contributed by atoms with Crippen molar-refractivity contribution in [1.82, 2.24) is 15.2 Å². The van der Waals surface area contributed by atoms with Gasteiger partial charge in [0.25, 0.3) is 0 Å². The lowest BCUT2D eigenvalue weighted by Gasteiger charge is -2.35. The first-order valence-corrected chi connectivity index (χ1v) is 7.49. The number of nitrogens with zero attached hydrogens (tertiary/aromatic N) is 2. The largest absolute Gasteiger partial charge is 0.444 e. The summed E-state index contributed by atoms with van der Waals surface area (Å²) >= 11 is 0. The van der Waals surface area contributed by atoms with Crippen molar-refractivity contribution in [2.75, 3.05) is 19.6 Å². The fourth-order valence-corrected chi connectivity index (χ4v) is 2.88. The van der Waals surface area contributed by atoms with Crippen LogP contribution < -0.4 is 5.32 Å². The molecule has 19 heavy (non-hydrogen) atoms. The van der Waals surface area contributed by atoms with Crippen molar-refractivity contribution in [2.45, 2.75) is 59.0 Å². The minimum Gasteiger partial charge on any atom is -0.444 e. The molecule has 1 N–H and O–H groups in total. The lowest BCUT2D eigenvalue weighted by Crippen LogP contribution is -2.50. The van der Waals surface area contributed by atoms with E-state index in [1.165, 1.54) is 19.3 Å². The molecule has 4 heteroatoms. The molecule has 0 aliphatic carbocycles. The van der Waals surface area contributed by atoms with Crippen molar-refractivity contribution in [3.05, 3.63) is 17.3 Å². The van der Waals surface area contributed by atoms with Gasteiger partial charge in [0, 0.05) is 12.1 Å². The second kappa shape index (κ2) is 6.06. The van der Waals surface area contributed by atoms with Crippen LogP contribution in [-0.4, -0.2) is 35.1 Å². The number of aromatic nitrogens is 1. The first-order valence-electron chi connectivity index (χ1n) is 7.49. The minimum atomic E-state index is 0.257. The van der Waals surface area contributed by atoms with Crippen LogP contribution in [0.1, 0.15) is 50.5 Å². The molecule has 1 aromatic heterocycles. The molecule has 0 saturated carbocycles. The zero-order valence-electron chi connectivity index (χ0n) is 12.8. The van der Waals surface area contributed by atoms with Gasteiger partial charge in [0.05, 0.1) is 12.2 Å². The molecule has 108 valence electrons. The zero-order chi connectivity index (χ0) is 13.9. The van der Waals surface area contributed by atoms with Crippen molar-refractivity contribution in [3.8, 4) is 0 Å². The van der Waals surface area contributed by atoms with Crippen LogP contribution in [0.25, 0.3) is 0 Å². The Kier molecular flexibility index (Phi) is 4.63. The van der Waals surface area contributed by atoms with E-state index in [2.05, 4.69) is 29.0 Å². The van der Waals surface area contributed by atoms with Crippen LogP contribution in [0.2, 0.25) is 0 Å². The van der Waals surface area contributed by atoms with E-state index in [9.17, 15) is 0 Å². The van der Waals surface area contributed by atoms with Crippen molar-refractivity contribution < 1.29 is 4.42 Å². The molecular formula is C15H27N3O. The molecule has 0 radical (unpaired) electrons. The number of nitrogens with one attached hydrogen (secondary N) is 1. The number of aryl methyl sites for hydroxylation is 2. The molecule has 0 spiro atoms. The summed E-state index contributed by atoms with van der Waals surface area (Å²) in [5.74, 6) is 1.80. The third kappa shape index (κ3) is 3.37. The predicted molar refractivity (Wildman–Crippen MR) is 77.2 cm³/mol. The second-order valence-corrected chi connectivity index (χ2v) is 5.73. The summed E-state index contributed by atoms with van der Waals surface area (Å²) in [5, 5.41) is 3.73. The maximum atomic E-state index is 5.72. The third-order valence-electron chi connectivity index (χ3n) is 4.46. The standard InChI is InChI=1S/C15H27N3O/c1-5-15(6-2)11-18(9-7-8-16-15)10-14-17-12(3)13(4)19-14/h16H,5-11H2,1-4H3. The van der Waals surface area contributed by atoms with Gasteiger partial charge < -0.3 is 9.73 Å². The predicted octanol–water partition coefficient (Wildman–Crippen LogP) is 2.65. The summed E-state index contributed by atoms with van der Waals surface area (Å²) in [4.78, 5) is 6.99. The van der Waals surface area contributed by atoms with Crippen LogP contribution >= 0.6 is 0 Å². The van der Waals surface area contributed by atoms with Gasteiger partial charge in [0.1, 0.15) is 5.76 Å². The van der Waals surface area contributed by atoms with Crippen LogP contribution in [0.5, 0.6) is 0 Å². The molecule has 2 rings (SSSR count). The molecule has 2 heterocycles. The van der Waals surface area contributed by atoms with Crippen molar-refractivity contribution in [3.63, 3.8) is 0 Å². The maximum absolute atomic E-state index is 5.72. The minimum absolute atomic E-state index is 0.257. The van der Waals surface area contributed by atoms with Crippen molar-refractivity contribution in [2.24, 2.45) is 0 Å². The van der Waals surface area contributed by atoms with Crippen LogP contribution in [-0.2, 0) is 6.54 Å². The van der Waals surface area contributed by atoms with E-state index in [0.717, 1.165) is 43.5 Å². The summed E-state index contributed by atoms with van der Waals surface area (Å²) in [7, 11) is 0. The van der Waals surface area contributed by atoms with E-state index in [1.54, 1.807) is 0 Å². The summed E-state index contributed by atoms with van der Waals surface area (Å²) < 4.78 is 5.72. The zero-order valence-corrected chi connectivity index (χ0v) is 12.8. The van der Waals surface area contributed by atoms with E-state index in [1.807, 2.05) is 13.8 Å². The van der Waals surface area contributed by atoms with Gasteiger partial charge in [-0.15, -0.1) is 0 Å². The molecule has 4 nitrogen and oxygen atoms in total. The normalized spacial score (nSPS) is 20.4. The summed E-state index contributed by atoms with van der Waals surface area (Å²) in [5.41, 5.74) is 1.27. The van der Waals surface area contributed by atoms with E-state index in [4.69, 9.17) is 4.42 Å². The maximum Gasteiger partial charge on any atom is 0.208 e. The van der Waals surface area contributed by atoms with Gasteiger partial charge >= 0.3 is 0 Å². The molecule has 0 atom stereocenters. The van der Waals surface area contributed by atoms with E-state index in [0.29, 0.717) is 0 Å². The Hall–Kier alpha value is -0.870. The average molecular weight is 265 g/mol. The van der Waals surface area contributed by atoms with E-state index in [-0.39, 0.29) is 5.54 Å². The summed E-state index contributed by atoms with van der Waals surface area (Å²) in [6.45, 7) is 12.7. The Labute approximate surface area is 116 Å². The van der Waals surface area contributed by atoms with Crippen molar-refractivity contribution in [1.29, 1.82) is 0 Å². The quantitative estimate of drug-likeness (QED) is 0.908. The van der Waals surface area contributed by atoms with Gasteiger partial charge in [-0.1, -0.05) is 13.8 Å². The van der Waals surface area contributed by atoms with Gasteiger partial charge in [-0.2, -0.15) is 0 Å². The highest BCUT2D eigenvalue weighted by Crippen LogP contribution is 2.21. The highest BCUT2D eigenvalue weighted by Gasteiger charge is 2.30. The molecule has 0 unspecified atom stereocenters. The third-order valence-corrected chi connectivity index (χ3v) is 4.46. The molecule has 1 aliphatic rings. The first kappa shape index (κ1) is 14.5. The smallest absolute Gasteiger partial charge is 0.208 e. The Morgan fingerprint density at radius 3 is 2.63 bits per heavy atom. The fourth-order valence-electron chi connectivity index (χ4n) is 2.88. The molecule has 0 bridgehead atoms. The van der Waals surface area contributed by atoms with Gasteiger partial charge in [-0.25, -0.2) is 4.98 Å². The molecule has 0 aromatic carbocycles. The number of oxazole rings is 1. The SMILES string of the molecule is CCC1(CC)CN(Cc2nc(C)c(C)o2)CCCN1. The van der Waals surface area contributed by atoms with Crippen LogP contribution in [0.3, 0.4) is 0 Å². The molecule has 0 amide bonds. The highest BCUT2D eigenvalue weighted by molar-refractivity contribution is 5.05. The molecule has 1 aromatic rings. The summed E-state index contributed by atoms with van der Waals surface area (Å²) in [6.07, 6.45) is 3.54. The van der Waals surface area contributed by atoms with Crippen LogP contribution in [0.15, 0.2) is 4.42 Å². The van der Waals surface area contributed by atoms with Gasteiger partial charge in [-0.05, 0) is 46.2 Å². The topological polar surface area (TPSA) is 41.3 Å². The molecule has 1 fully saturated rings. The van der Waals surface area contributed by atoms with Gasteiger partial charge in [0.15, 0.2) is 0 Å². The highest BCUT2D eigenvalue weighted by atomic mass is 16.4. The Morgan fingerprint density at radius 2 is 2.05 bits per heavy atom. The van der Waals surface area contributed by atoms with Crippen LogP contribution in [0, 0.1) is 13.8 Å². The Morgan fingerprint density at radius 1 is 1.32 bits per heavy atom.